The van der Waals surface area contributed by atoms with E-state index in [0.29, 0.717) is 25.8 Å². The van der Waals surface area contributed by atoms with Crippen LogP contribution in [0.5, 0.6) is 0 Å². The number of benzene rings is 1. The molecule has 0 aliphatic carbocycles. The van der Waals surface area contributed by atoms with Crippen LogP contribution in [0.25, 0.3) is 0 Å². The first kappa shape index (κ1) is 19.1. The van der Waals surface area contributed by atoms with Crippen LogP contribution >= 0.6 is 0 Å². The second kappa shape index (κ2) is 8.64. The van der Waals surface area contributed by atoms with Crippen molar-refractivity contribution < 1.29 is 23.1 Å². The van der Waals surface area contributed by atoms with Crippen LogP contribution in [0, 0.1) is 0 Å². The molecule has 128 valence electrons. The summed E-state index contributed by atoms with van der Waals surface area (Å²) < 4.78 is 25.4. The van der Waals surface area contributed by atoms with Gasteiger partial charge in [0, 0.05) is 26.4 Å². The number of sulfonamides is 1. The number of carbonyl (C=O) groups excluding carboxylic acids is 1. The number of carbonyl (C=O) groups is 2. The Hall–Kier alpha value is -1.93. The lowest BCUT2D eigenvalue weighted by Crippen LogP contribution is -2.28. The molecule has 0 unspecified atom stereocenters. The van der Waals surface area contributed by atoms with Crippen LogP contribution < -0.4 is 4.72 Å². The Morgan fingerprint density at radius 2 is 1.78 bits per heavy atom. The molecule has 0 aliphatic rings. The Labute approximate surface area is 136 Å². The molecular formula is C15H22N2O5S. The Balaban J connectivity index is 2.48. The van der Waals surface area contributed by atoms with E-state index in [4.69, 9.17) is 5.11 Å². The van der Waals surface area contributed by atoms with E-state index >= 15 is 0 Å². The molecule has 0 bridgehead atoms. The fourth-order valence-electron chi connectivity index (χ4n) is 1.99. The predicted octanol–water partition coefficient (Wildman–Crippen LogP) is 0.851. The van der Waals surface area contributed by atoms with Crippen molar-refractivity contribution in [2.75, 3.05) is 20.6 Å². The summed E-state index contributed by atoms with van der Waals surface area (Å²) in [7, 11) is -0.455. The summed E-state index contributed by atoms with van der Waals surface area (Å²) in [5.41, 5.74) is 0.868. The summed E-state index contributed by atoms with van der Waals surface area (Å²) >= 11 is 0. The third-order valence-corrected chi connectivity index (χ3v) is 4.87. The molecule has 0 saturated carbocycles. The Morgan fingerprint density at radius 1 is 1.17 bits per heavy atom. The quantitative estimate of drug-likeness (QED) is 0.692. The highest BCUT2D eigenvalue weighted by Gasteiger charge is 2.12. The van der Waals surface area contributed by atoms with E-state index in [-0.39, 0.29) is 17.2 Å². The number of nitrogens with zero attached hydrogens (tertiary/aromatic N) is 1. The number of carboxylic acids is 1. The van der Waals surface area contributed by atoms with E-state index in [2.05, 4.69) is 4.72 Å². The average molecular weight is 342 g/mol. The maximum atomic E-state index is 11.9. The molecule has 2 N–H and O–H groups in total. The summed E-state index contributed by atoms with van der Waals surface area (Å²) in [6.45, 7) is 0.407. The van der Waals surface area contributed by atoms with Gasteiger partial charge in [0.05, 0.1) is 4.90 Å². The number of aliphatic carboxylic acids is 1. The number of hydrogen-bond acceptors (Lipinski definition) is 4. The van der Waals surface area contributed by atoms with Crippen molar-refractivity contribution >= 4 is 21.9 Å². The summed E-state index contributed by atoms with van der Waals surface area (Å²) in [4.78, 5) is 24.1. The molecule has 7 nitrogen and oxygen atoms in total. The van der Waals surface area contributed by atoms with Crippen LogP contribution in [0.3, 0.4) is 0 Å². The van der Waals surface area contributed by atoms with Crippen LogP contribution in [0.15, 0.2) is 29.2 Å². The number of carboxylic acid groups (broad SMARTS) is 1. The van der Waals surface area contributed by atoms with Gasteiger partial charge >= 0.3 is 5.97 Å². The fraction of sp³-hybridized carbons (Fsp3) is 0.467. The molecule has 0 radical (unpaired) electrons. The highest BCUT2D eigenvalue weighted by molar-refractivity contribution is 7.89. The minimum absolute atomic E-state index is 0.0407. The number of amides is 1. The number of rotatable bonds is 9. The molecule has 0 atom stereocenters. The molecule has 0 saturated heterocycles. The van der Waals surface area contributed by atoms with Crippen molar-refractivity contribution in [3.8, 4) is 0 Å². The van der Waals surface area contributed by atoms with Crippen molar-refractivity contribution in [3.63, 3.8) is 0 Å². The van der Waals surface area contributed by atoms with Gasteiger partial charge in [-0.3, -0.25) is 9.59 Å². The standard InChI is InChI=1S/C15H22N2O5S/c1-16-23(21,22)13-8-5-12(6-9-13)7-10-14(18)17(2)11-3-4-15(19)20/h5-6,8-9,16H,3-4,7,10-11H2,1-2H3,(H,19,20). The third kappa shape index (κ3) is 6.37. The number of nitrogens with one attached hydrogen (secondary N) is 1. The second-order valence-corrected chi connectivity index (χ2v) is 7.05. The highest BCUT2D eigenvalue weighted by atomic mass is 32.2. The monoisotopic (exact) mass is 342 g/mol. The normalized spacial score (nSPS) is 11.2. The number of aryl methyl sites for hydroxylation is 1. The Morgan fingerprint density at radius 3 is 2.30 bits per heavy atom. The maximum absolute atomic E-state index is 11.9. The molecule has 1 amide bonds. The molecule has 0 spiro atoms. The van der Waals surface area contributed by atoms with Crippen molar-refractivity contribution in [2.45, 2.75) is 30.6 Å². The minimum Gasteiger partial charge on any atom is -0.481 e. The first-order valence-electron chi connectivity index (χ1n) is 7.24. The minimum atomic E-state index is -3.45. The van der Waals surface area contributed by atoms with Crippen molar-refractivity contribution in [3.05, 3.63) is 29.8 Å². The van der Waals surface area contributed by atoms with Crippen LogP contribution in [0.1, 0.15) is 24.8 Å². The van der Waals surface area contributed by atoms with E-state index in [9.17, 15) is 18.0 Å². The zero-order valence-electron chi connectivity index (χ0n) is 13.3. The van der Waals surface area contributed by atoms with Gasteiger partial charge in [-0.2, -0.15) is 0 Å². The van der Waals surface area contributed by atoms with Gasteiger partial charge in [-0.15, -0.1) is 0 Å². The van der Waals surface area contributed by atoms with E-state index in [1.54, 1.807) is 19.2 Å². The zero-order valence-corrected chi connectivity index (χ0v) is 14.1. The summed E-state index contributed by atoms with van der Waals surface area (Å²) in [5.74, 6) is -0.940. The lowest BCUT2D eigenvalue weighted by Gasteiger charge is -2.16. The summed E-state index contributed by atoms with van der Waals surface area (Å²) in [6, 6.07) is 6.37. The summed E-state index contributed by atoms with van der Waals surface area (Å²) in [5, 5.41) is 8.56. The molecule has 0 aliphatic heterocycles. The van der Waals surface area contributed by atoms with Gasteiger partial charge in [-0.25, -0.2) is 13.1 Å². The van der Waals surface area contributed by atoms with E-state index in [1.165, 1.54) is 24.1 Å². The van der Waals surface area contributed by atoms with Crippen molar-refractivity contribution in [2.24, 2.45) is 0 Å². The van der Waals surface area contributed by atoms with Gasteiger partial charge in [0.1, 0.15) is 0 Å². The topological polar surface area (TPSA) is 104 Å². The smallest absolute Gasteiger partial charge is 0.303 e. The van der Waals surface area contributed by atoms with Gasteiger partial charge in [-0.1, -0.05) is 12.1 Å². The van der Waals surface area contributed by atoms with Crippen LogP contribution in [-0.4, -0.2) is 50.9 Å². The maximum Gasteiger partial charge on any atom is 0.303 e. The summed E-state index contributed by atoms with van der Waals surface area (Å²) in [6.07, 6.45) is 1.26. The molecule has 0 aromatic heterocycles. The van der Waals surface area contributed by atoms with Crippen LogP contribution in [0.4, 0.5) is 0 Å². The molecule has 0 heterocycles. The van der Waals surface area contributed by atoms with E-state index in [1.807, 2.05) is 0 Å². The predicted molar refractivity (Wildman–Crippen MR) is 85.5 cm³/mol. The molecule has 0 fully saturated rings. The molecule has 1 aromatic rings. The Kier molecular flexibility index (Phi) is 7.18. The molecule has 1 rings (SSSR count). The largest absolute Gasteiger partial charge is 0.481 e. The number of hydrogen-bond donors (Lipinski definition) is 2. The third-order valence-electron chi connectivity index (χ3n) is 3.44. The first-order chi connectivity index (χ1) is 10.8. The van der Waals surface area contributed by atoms with E-state index < -0.39 is 16.0 Å². The highest BCUT2D eigenvalue weighted by Crippen LogP contribution is 2.12. The van der Waals surface area contributed by atoms with Gasteiger partial charge in [0.15, 0.2) is 0 Å². The zero-order chi connectivity index (χ0) is 17.5. The lowest BCUT2D eigenvalue weighted by molar-refractivity contribution is -0.138. The van der Waals surface area contributed by atoms with E-state index in [0.717, 1.165) is 5.56 Å². The van der Waals surface area contributed by atoms with Crippen LogP contribution in [0.2, 0.25) is 0 Å². The average Bonchev–Trinajstić information content (AvgIpc) is 2.52. The van der Waals surface area contributed by atoms with Crippen LogP contribution in [-0.2, 0) is 26.0 Å². The molecule has 8 heteroatoms. The van der Waals surface area contributed by atoms with Crippen molar-refractivity contribution in [1.82, 2.24) is 9.62 Å². The molecule has 1 aromatic carbocycles. The van der Waals surface area contributed by atoms with Crippen molar-refractivity contribution in [1.29, 1.82) is 0 Å². The lowest BCUT2D eigenvalue weighted by atomic mass is 10.1. The van der Waals surface area contributed by atoms with Gasteiger partial charge in [0.2, 0.25) is 15.9 Å². The van der Waals surface area contributed by atoms with Gasteiger partial charge in [-0.05, 0) is 37.6 Å². The Bertz CT molecular complexity index is 640. The second-order valence-electron chi connectivity index (χ2n) is 5.16. The first-order valence-corrected chi connectivity index (χ1v) is 8.73. The SMILES string of the molecule is CNS(=O)(=O)c1ccc(CCC(=O)N(C)CCCC(=O)O)cc1. The van der Waals surface area contributed by atoms with Gasteiger partial charge in [0.25, 0.3) is 0 Å². The molecular weight excluding hydrogens is 320 g/mol. The van der Waals surface area contributed by atoms with Gasteiger partial charge < -0.3 is 10.0 Å². The molecule has 23 heavy (non-hydrogen) atoms. The fourth-order valence-corrected chi connectivity index (χ4v) is 2.72.